The number of Topliss-reactive ketones (excluding diaryl/α,β-unsaturated/α-hetero) is 1. The number of aliphatic hydroxyl groups is 1. The number of ketones is 1. The van der Waals surface area contributed by atoms with E-state index in [0.29, 0.717) is 142 Å². The second-order valence-corrected chi connectivity index (χ2v) is 34.5. The summed E-state index contributed by atoms with van der Waals surface area (Å²) in [6.07, 6.45) is 8.14. The van der Waals surface area contributed by atoms with Gasteiger partial charge in [-0.25, -0.2) is 23.1 Å². The first-order chi connectivity index (χ1) is 55.9. The summed E-state index contributed by atoms with van der Waals surface area (Å²) >= 11 is 0. The number of nitrogens with zero attached hydrogens (tertiary/aromatic N) is 6. The zero-order valence-corrected chi connectivity index (χ0v) is 69.4. The summed E-state index contributed by atoms with van der Waals surface area (Å²) in [5, 5.41) is 30.5. The van der Waals surface area contributed by atoms with Crippen molar-refractivity contribution in [2.75, 3.05) is 153 Å². The molecule has 35 nitrogen and oxygen atoms in total. The maximum atomic E-state index is 14.6. The van der Waals surface area contributed by atoms with Gasteiger partial charge in [0.15, 0.2) is 5.79 Å². The van der Waals surface area contributed by atoms with E-state index >= 15 is 0 Å². The van der Waals surface area contributed by atoms with Crippen molar-refractivity contribution in [3.8, 4) is 11.3 Å². The summed E-state index contributed by atoms with van der Waals surface area (Å²) in [7, 11) is 1.97. The minimum atomic E-state index is -3.50. The number of ether oxygens (including phenoxy) is 17. The lowest BCUT2D eigenvalue weighted by atomic mass is 9.81. The standard InChI is InChI=1S/C80H126N10O25S/c1-49(2)70(86-69(94)48-107-35-34-106-33-32-105-31-30-104-29-28-103-27-26-102-25-24-101-23-22-100-21-20-90-47-61(87-88-90)53-43-83-79(84-44-53)116(9,97)98)78(96)85-60(12-10-11-19-89(6)7)77(95)82-46-68(93)81-45-55(92)40-66-71(99-8)59-39-54(91)38-57-14-16-63-72(110-57)76-75-74(112-63)73-67(113-75)42-80(114-73,115-76)18-17-58-37-51(4)62(108-58)15-13-56-36-50(3)52(5)64(109-56)41-65(59)111-66/h43-44,47,49-50,55-60,62-67,70-76,92H,4-5,10-42,45-46,48H2,1-3,6-9H3,(H,81,93)(H,82,95)(H,85,96)(H,86,94)/t50-,55+,56+,57-,58+,59+,60+,62?,63+,64-,65+,66-,67?,70+,71-,72+,73+,74+,75-,76+,80+/m1/s1. The Kier molecular flexibility index (Phi) is 35.2. The number of amides is 4. The highest BCUT2D eigenvalue weighted by molar-refractivity contribution is 7.90. The zero-order valence-electron chi connectivity index (χ0n) is 68.6. The van der Waals surface area contributed by atoms with Crippen LogP contribution in [0.5, 0.6) is 0 Å². The summed E-state index contributed by atoms with van der Waals surface area (Å²) in [6, 6.07) is -2.06. The van der Waals surface area contributed by atoms with Crippen LogP contribution in [0.2, 0.25) is 0 Å². The molecule has 0 saturated carbocycles. The van der Waals surface area contributed by atoms with Gasteiger partial charge in [-0.1, -0.05) is 39.1 Å². The van der Waals surface area contributed by atoms with Gasteiger partial charge in [-0.05, 0) is 108 Å². The Balaban J connectivity index is 0.547. The molecule has 0 aromatic carbocycles. The number of carbonyl (C=O) groups excluding carboxylic acids is 5. The summed E-state index contributed by atoms with van der Waals surface area (Å²) in [6.45, 7) is 20.2. The normalized spacial score (nSPS) is 30.6. The van der Waals surface area contributed by atoms with Crippen LogP contribution in [0.4, 0.5) is 0 Å². The molecule has 0 radical (unpaired) electrons. The molecule has 10 aliphatic heterocycles. The predicted molar refractivity (Wildman–Crippen MR) is 415 cm³/mol. The highest BCUT2D eigenvalue weighted by Gasteiger charge is 2.69. The van der Waals surface area contributed by atoms with Crippen molar-refractivity contribution in [2.24, 2.45) is 17.8 Å². The Bertz CT molecular complexity index is 3590. The first-order valence-corrected chi connectivity index (χ1v) is 43.5. The van der Waals surface area contributed by atoms with Crippen LogP contribution in [-0.4, -0.2) is 341 Å². The Morgan fingerprint density at radius 3 is 1.95 bits per heavy atom. The zero-order chi connectivity index (χ0) is 82.3. The van der Waals surface area contributed by atoms with Gasteiger partial charge in [0.2, 0.25) is 38.6 Å². The Morgan fingerprint density at radius 2 is 1.29 bits per heavy atom. The van der Waals surface area contributed by atoms with Crippen LogP contribution in [0, 0.1) is 17.8 Å². The quantitative estimate of drug-likeness (QED) is 0.0361. The van der Waals surface area contributed by atoms with Gasteiger partial charge in [-0.3, -0.25) is 24.0 Å². The molecule has 2 aromatic heterocycles. The highest BCUT2D eigenvalue weighted by Crippen LogP contribution is 2.55. The van der Waals surface area contributed by atoms with E-state index in [-0.39, 0.29) is 130 Å². The number of fused-ring (bicyclic) bond motifs is 6. The first-order valence-electron chi connectivity index (χ1n) is 41.6. The van der Waals surface area contributed by atoms with Gasteiger partial charge in [-0.15, -0.1) is 5.10 Å². The van der Waals surface area contributed by atoms with Crippen molar-refractivity contribution in [3.05, 3.63) is 42.9 Å². The number of methoxy groups -OCH3 is 1. The molecule has 0 aliphatic carbocycles. The molecule has 5 N–H and O–H groups in total. The van der Waals surface area contributed by atoms with Gasteiger partial charge < -0.3 is 112 Å². The number of aromatic nitrogens is 5. The predicted octanol–water partition coefficient (Wildman–Crippen LogP) is 2.35. The Morgan fingerprint density at radius 1 is 0.672 bits per heavy atom. The van der Waals surface area contributed by atoms with Crippen LogP contribution in [0.15, 0.2) is 48.1 Å². The fourth-order valence-electron chi connectivity index (χ4n) is 17.0. The van der Waals surface area contributed by atoms with Crippen LogP contribution in [0.25, 0.3) is 11.3 Å². The Labute approximate surface area is 680 Å². The lowest BCUT2D eigenvalue weighted by molar-refractivity contribution is -0.292. The van der Waals surface area contributed by atoms with E-state index in [1.165, 1.54) is 12.4 Å². The van der Waals surface area contributed by atoms with Gasteiger partial charge >= 0.3 is 0 Å². The van der Waals surface area contributed by atoms with E-state index in [9.17, 15) is 37.5 Å². The molecule has 116 heavy (non-hydrogen) atoms. The molecule has 2 aromatic rings. The summed E-state index contributed by atoms with van der Waals surface area (Å²) in [5.41, 5.74) is 3.09. The number of carbonyl (C=O) groups is 5. The molecule has 4 amide bonds. The SMILES string of the molecule is C=C1C[C@@H]2CC[C@@]34CC5O[C@H]6[C@@H](O3)[C@H]3O[C@H](CC[C@@H]3O[C@H]6[C@H]5O4)CC(=O)C[C@@H]3[C@@H](OC)[C@@H](C[C@H](O)CNC(=O)CNC(=O)[C@H](CCCCN(C)C)NC(=O)[C@@H](NC(=O)COCCOCCOCCOCCOCCOCCOCCOCCn4cc(-c5cnc(S(C)(=O)=O)nc5)nn4)C(C)C)O[C@H]3C[C@H]3O[C@@H](CCC1O2)C[C@@H](C)C3=C. The maximum absolute atomic E-state index is 14.6. The molecule has 21 atom stereocenters. The lowest BCUT2D eigenvalue weighted by Gasteiger charge is -2.47. The first kappa shape index (κ1) is 91.2. The van der Waals surface area contributed by atoms with Crippen molar-refractivity contribution in [1.29, 1.82) is 0 Å². The third-order valence-corrected chi connectivity index (χ3v) is 23.9. The molecular formula is C80H126N10O25S. The van der Waals surface area contributed by atoms with E-state index in [1.54, 1.807) is 31.8 Å². The van der Waals surface area contributed by atoms with E-state index in [1.807, 2.05) is 19.0 Å². The number of hydrogen-bond acceptors (Lipinski definition) is 30. The van der Waals surface area contributed by atoms with E-state index < -0.39 is 107 Å². The van der Waals surface area contributed by atoms with Crippen molar-refractivity contribution in [2.45, 2.75) is 251 Å². The van der Waals surface area contributed by atoms with Crippen molar-refractivity contribution in [3.63, 3.8) is 0 Å². The maximum Gasteiger partial charge on any atom is 0.246 e. The third kappa shape index (κ3) is 26.5. The van der Waals surface area contributed by atoms with Gasteiger partial charge in [0.25, 0.3) is 0 Å². The molecule has 2 unspecified atom stereocenters. The number of nitrogens with one attached hydrogen (secondary N) is 4. The molecule has 12 heterocycles. The average molecular weight is 1660 g/mol. The number of rotatable bonds is 45. The number of sulfone groups is 1. The van der Waals surface area contributed by atoms with Gasteiger partial charge in [-0.2, -0.15) is 0 Å². The molecule has 10 fully saturated rings. The van der Waals surface area contributed by atoms with E-state index in [0.717, 1.165) is 62.5 Å². The van der Waals surface area contributed by atoms with Crippen LogP contribution in [-0.2, 0) is 121 Å². The summed E-state index contributed by atoms with van der Waals surface area (Å²) < 4.78 is 130. The second-order valence-electron chi connectivity index (χ2n) is 32.6. The van der Waals surface area contributed by atoms with Crippen LogP contribution >= 0.6 is 0 Å². The molecule has 1 spiro atoms. The molecule has 652 valence electrons. The molecule has 12 bridgehead atoms. The largest absolute Gasteiger partial charge is 0.391 e. The van der Waals surface area contributed by atoms with Crippen LogP contribution in [0.1, 0.15) is 124 Å². The fourth-order valence-corrected chi connectivity index (χ4v) is 17.4. The Hall–Kier alpha value is -5.56. The minimum absolute atomic E-state index is 0.00993. The smallest absolute Gasteiger partial charge is 0.246 e. The van der Waals surface area contributed by atoms with E-state index in [4.69, 9.17) is 80.5 Å². The molecule has 36 heteroatoms. The monoisotopic (exact) mass is 1660 g/mol. The molecule has 10 saturated heterocycles. The van der Waals surface area contributed by atoms with Crippen LogP contribution in [0.3, 0.4) is 0 Å². The molecule has 10 aliphatic rings. The van der Waals surface area contributed by atoms with Gasteiger partial charge in [0, 0.05) is 82.3 Å². The van der Waals surface area contributed by atoms with Crippen molar-refractivity contribution < 1.29 is 118 Å². The average Bonchev–Trinajstić information content (AvgIpc) is 1.55. The highest BCUT2D eigenvalue weighted by atomic mass is 32.2. The van der Waals surface area contributed by atoms with E-state index in [2.05, 4.69) is 61.6 Å². The summed E-state index contributed by atoms with van der Waals surface area (Å²) in [4.78, 5) is 78.9. The number of aliphatic hydroxyl groups excluding tert-OH is 1. The van der Waals surface area contributed by atoms with Gasteiger partial charge in [0.05, 0.1) is 186 Å². The number of hydrogen-bond donors (Lipinski definition) is 5. The number of unbranched alkanes of at least 4 members (excludes halogenated alkanes) is 1. The second kappa shape index (κ2) is 44.8. The van der Waals surface area contributed by atoms with Crippen molar-refractivity contribution in [1.82, 2.24) is 51.1 Å². The molecule has 12 rings (SSSR count). The fraction of sp³-hybridized carbons (Fsp3) is 0.812. The topological polar surface area (TPSA) is 404 Å². The van der Waals surface area contributed by atoms with Crippen molar-refractivity contribution >= 4 is 39.2 Å². The third-order valence-electron chi connectivity index (χ3n) is 23.0. The van der Waals surface area contributed by atoms with Gasteiger partial charge in [0.1, 0.15) is 60.7 Å². The lowest BCUT2D eigenvalue weighted by Crippen LogP contribution is -2.61. The molecular weight excluding hydrogens is 1530 g/mol. The van der Waals surface area contributed by atoms with Crippen LogP contribution < -0.4 is 21.3 Å². The summed E-state index contributed by atoms with van der Waals surface area (Å²) in [5.74, 6) is -3.81. The minimum Gasteiger partial charge on any atom is -0.391 e.